The van der Waals surface area contributed by atoms with E-state index >= 15 is 0 Å². The molecule has 1 aromatic rings. The van der Waals surface area contributed by atoms with Crippen LogP contribution in [-0.2, 0) is 21.2 Å². The Morgan fingerprint density at radius 3 is 2.42 bits per heavy atom. The first kappa shape index (κ1) is 15.8. The van der Waals surface area contributed by atoms with Gasteiger partial charge in [0.25, 0.3) is 0 Å². The first-order chi connectivity index (χ1) is 8.70. The second-order valence-corrected chi connectivity index (χ2v) is 7.30. The van der Waals surface area contributed by atoms with Crippen LogP contribution >= 0.6 is 0 Å². The molecule has 0 saturated heterocycles. The fourth-order valence-corrected chi connectivity index (χ4v) is 2.31. The SMILES string of the molecule is CC(C)C(C)N(Cc1ccco1)C(=O)CS(C)(=O)=O. The van der Waals surface area contributed by atoms with Gasteiger partial charge in [-0.2, -0.15) is 0 Å². The van der Waals surface area contributed by atoms with Crippen molar-refractivity contribution in [2.24, 2.45) is 5.92 Å². The Morgan fingerprint density at radius 1 is 1.37 bits per heavy atom. The van der Waals surface area contributed by atoms with E-state index in [1.54, 1.807) is 17.0 Å². The highest BCUT2D eigenvalue weighted by Crippen LogP contribution is 2.15. The summed E-state index contributed by atoms with van der Waals surface area (Å²) in [5, 5.41) is 0. The molecule has 108 valence electrons. The minimum Gasteiger partial charge on any atom is -0.467 e. The topological polar surface area (TPSA) is 67.6 Å². The number of carbonyl (C=O) groups excluding carboxylic acids is 1. The van der Waals surface area contributed by atoms with Gasteiger partial charge >= 0.3 is 0 Å². The standard InChI is InChI=1S/C13H21NO4S/c1-10(2)11(3)14(8-12-6-5-7-18-12)13(15)9-19(4,16)17/h5-7,10-11H,8-9H2,1-4H3. The first-order valence-electron chi connectivity index (χ1n) is 6.20. The lowest BCUT2D eigenvalue weighted by molar-refractivity contribution is -0.132. The number of hydrogen-bond acceptors (Lipinski definition) is 4. The predicted octanol–water partition coefficient (Wildman–Crippen LogP) is 1.70. The summed E-state index contributed by atoms with van der Waals surface area (Å²) in [6, 6.07) is 3.46. The molecule has 1 heterocycles. The number of nitrogens with zero attached hydrogens (tertiary/aromatic N) is 1. The van der Waals surface area contributed by atoms with Crippen LogP contribution in [0, 0.1) is 5.92 Å². The van der Waals surface area contributed by atoms with Crippen LogP contribution in [0.3, 0.4) is 0 Å². The zero-order valence-corrected chi connectivity index (χ0v) is 12.6. The molecule has 0 saturated carbocycles. The molecule has 0 aliphatic rings. The molecule has 5 nitrogen and oxygen atoms in total. The normalized spacial score (nSPS) is 13.5. The molecule has 0 bridgehead atoms. The van der Waals surface area contributed by atoms with Gasteiger partial charge in [-0.05, 0) is 25.0 Å². The summed E-state index contributed by atoms with van der Waals surface area (Å²) in [6.07, 6.45) is 2.60. The van der Waals surface area contributed by atoms with Crippen molar-refractivity contribution in [3.05, 3.63) is 24.2 Å². The van der Waals surface area contributed by atoms with Crippen molar-refractivity contribution in [2.45, 2.75) is 33.4 Å². The van der Waals surface area contributed by atoms with E-state index in [2.05, 4.69) is 0 Å². The quantitative estimate of drug-likeness (QED) is 0.798. The fraction of sp³-hybridized carbons (Fsp3) is 0.615. The van der Waals surface area contributed by atoms with E-state index in [0.717, 1.165) is 6.26 Å². The van der Waals surface area contributed by atoms with Crippen LogP contribution in [0.1, 0.15) is 26.5 Å². The van der Waals surface area contributed by atoms with Crippen LogP contribution in [0.4, 0.5) is 0 Å². The number of carbonyl (C=O) groups is 1. The van der Waals surface area contributed by atoms with Crippen molar-refractivity contribution < 1.29 is 17.6 Å². The van der Waals surface area contributed by atoms with Crippen molar-refractivity contribution >= 4 is 15.7 Å². The molecule has 1 aromatic heterocycles. The second-order valence-electron chi connectivity index (χ2n) is 5.16. The van der Waals surface area contributed by atoms with Gasteiger partial charge in [0.1, 0.15) is 11.5 Å². The third kappa shape index (κ3) is 5.06. The first-order valence-corrected chi connectivity index (χ1v) is 8.26. The van der Waals surface area contributed by atoms with E-state index in [0.29, 0.717) is 12.3 Å². The van der Waals surface area contributed by atoms with Gasteiger partial charge in [-0.15, -0.1) is 0 Å². The lowest BCUT2D eigenvalue weighted by Crippen LogP contribution is -2.43. The Balaban J connectivity index is 2.89. The molecule has 1 unspecified atom stereocenters. The Hall–Kier alpha value is -1.30. The number of amides is 1. The average Bonchev–Trinajstić information content (AvgIpc) is 2.74. The largest absolute Gasteiger partial charge is 0.467 e. The molecular weight excluding hydrogens is 266 g/mol. The van der Waals surface area contributed by atoms with Gasteiger partial charge in [0.15, 0.2) is 9.84 Å². The van der Waals surface area contributed by atoms with E-state index in [9.17, 15) is 13.2 Å². The van der Waals surface area contributed by atoms with Gasteiger partial charge in [-0.25, -0.2) is 8.42 Å². The number of hydrogen-bond donors (Lipinski definition) is 0. The third-order valence-electron chi connectivity index (χ3n) is 3.07. The summed E-state index contributed by atoms with van der Waals surface area (Å²) in [7, 11) is -3.33. The molecule has 0 radical (unpaired) electrons. The van der Waals surface area contributed by atoms with Gasteiger partial charge in [-0.1, -0.05) is 13.8 Å². The van der Waals surface area contributed by atoms with E-state index in [-0.39, 0.29) is 17.9 Å². The molecule has 0 aromatic carbocycles. The molecule has 0 spiro atoms. The number of rotatable bonds is 6. The molecule has 19 heavy (non-hydrogen) atoms. The highest BCUT2D eigenvalue weighted by molar-refractivity contribution is 7.91. The number of sulfone groups is 1. The van der Waals surface area contributed by atoms with E-state index in [1.807, 2.05) is 20.8 Å². The van der Waals surface area contributed by atoms with Gasteiger partial charge in [-0.3, -0.25) is 4.79 Å². The minimum atomic E-state index is -3.33. The van der Waals surface area contributed by atoms with Gasteiger partial charge in [0, 0.05) is 12.3 Å². The molecular formula is C13H21NO4S. The van der Waals surface area contributed by atoms with Crippen molar-refractivity contribution in [1.29, 1.82) is 0 Å². The Kier molecular flexibility index (Phi) is 5.17. The van der Waals surface area contributed by atoms with Crippen molar-refractivity contribution in [1.82, 2.24) is 4.90 Å². The second kappa shape index (κ2) is 6.23. The third-order valence-corrected chi connectivity index (χ3v) is 3.84. The molecule has 0 N–H and O–H groups in total. The molecule has 0 aliphatic heterocycles. The van der Waals surface area contributed by atoms with Gasteiger partial charge in [0.05, 0.1) is 12.8 Å². The smallest absolute Gasteiger partial charge is 0.238 e. The minimum absolute atomic E-state index is 0.0562. The van der Waals surface area contributed by atoms with Crippen LogP contribution in [0.2, 0.25) is 0 Å². The molecule has 0 aliphatic carbocycles. The maximum absolute atomic E-state index is 12.1. The summed E-state index contributed by atoms with van der Waals surface area (Å²) in [5.74, 6) is 0.0260. The molecule has 1 amide bonds. The van der Waals surface area contributed by atoms with Crippen molar-refractivity contribution in [3.8, 4) is 0 Å². The zero-order chi connectivity index (χ0) is 14.6. The van der Waals surface area contributed by atoms with Crippen molar-refractivity contribution in [3.63, 3.8) is 0 Å². The maximum atomic E-state index is 12.1. The predicted molar refractivity (Wildman–Crippen MR) is 73.3 cm³/mol. The molecule has 6 heteroatoms. The maximum Gasteiger partial charge on any atom is 0.238 e. The fourth-order valence-electron chi connectivity index (χ4n) is 1.70. The average molecular weight is 287 g/mol. The molecule has 0 fully saturated rings. The monoisotopic (exact) mass is 287 g/mol. The van der Waals surface area contributed by atoms with Crippen LogP contribution in [0.25, 0.3) is 0 Å². The van der Waals surface area contributed by atoms with E-state index < -0.39 is 15.6 Å². The highest BCUT2D eigenvalue weighted by atomic mass is 32.2. The Bertz CT molecular complexity index is 505. The number of furan rings is 1. The van der Waals surface area contributed by atoms with Crippen LogP contribution < -0.4 is 0 Å². The Morgan fingerprint density at radius 2 is 2.00 bits per heavy atom. The lowest BCUT2D eigenvalue weighted by Gasteiger charge is -2.31. The molecule has 1 rings (SSSR count). The van der Waals surface area contributed by atoms with E-state index in [1.165, 1.54) is 6.26 Å². The highest BCUT2D eigenvalue weighted by Gasteiger charge is 2.26. The van der Waals surface area contributed by atoms with E-state index in [4.69, 9.17) is 4.42 Å². The van der Waals surface area contributed by atoms with Crippen molar-refractivity contribution in [2.75, 3.05) is 12.0 Å². The van der Waals surface area contributed by atoms with Crippen LogP contribution in [-0.4, -0.2) is 37.3 Å². The molecule has 1 atom stereocenters. The summed E-state index contributed by atoms with van der Waals surface area (Å²) >= 11 is 0. The zero-order valence-electron chi connectivity index (χ0n) is 11.8. The summed E-state index contributed by atoms with van der Waals surface area (Å²) < 4.78 is 27.8. The van der Waals surface area contributed by atoms with Gasteiger partial charge < -0.3 is 9.32 Å². The van der Waals surface area contributed by atoms with Gasteiger partial charge in [0.2, 0.25) is 5.91 Å². The Labute approximate surface area is 114 Å². The summed E-state index contributed by atoms with van der Waals surface area (Å²) in [5.41, 5.74) is 0. The summed E-state index contributed by atoms with van der Waals surface area (Å²) in [4.78, 5) is 13.7. The van der Waals surface area contributed by atoms with Crippen LogP contribution in [0.15, 0.2) is 22.8 Å². The lowest BCUT2D eigenvalue weighted by atomic mass is 10.0. The summed E-state index contributed by atoms with van der Waals surface area (Å²) in [6.45, 7) is 6.19. The van der Waals surface area contributed by atoms with Crippen LogP contribution in [0.5, 0.6) is 0 Å².